The van der Waals surface area contributed by atoms with Gasteiger partial charge < -0.3 is 10.0 Å². The molecule has 0 radical (unpaired) electrons. The average Bonchev–Trinajstić information content (AvgIpc) is 3.23. The molecule has 0 aliphatic carbocycles. The van der Waals surface area contributed by atoms with Gasteiger partial charge in [0.25, 0.3) is 0 Å². The van der Waals surface area contributed by atoms with Crippen LogP contribution in [0.5, 0.6) is 0 Å². The summed E-state index contributed by atoms with van der Waals surface area (Å²) in [6, 6.07) is -0.687. The number of hydrogen-bond donors (Lipinski definition) is 1. The van der Waals surface area contributed by atoms with Crippen molar-refractivity contribution in [2.75, 3.05) is 11.4 Å². The predicted octanol–water partition coefficient (Wildman–Crippen LogP) is 0.0195. The van der Waals surface area contributed by atoms with Crippen molar-refractivity contribution in [1.29, 1.82) is 0 Å². The Bertz CT molecular complexity index is 802. The topological polar surface area (TPSA) is 116 Å². The number of likely N-dealkylation sites (tertiary alicyclic amines) is 1. The van der Waals surface area contributed by atoms with E-state index in [0.717, 1.165) is 0 Å². The standard InChI is InChI=1S/C16H19N5O5/c1-9-6-20-12(8-18(9)16(25)26)11(5-17-20)19-7-10(4-15(19)24)21-13(22)2-3-14(21)23/h5,9-10H,2-4,6-8H2,1H3,(H,25,26)/t9-,10?/m0/s1. The first-order valence-electron chi connectivity index (χ1n) is 8.56. The van der Waals surface area contributed by atoms with Gasteiger partial charge in [0.05, 0.1) is 42.8 Å². The predicted molar refractivity (Wildman–Crippen MR) is 87.1 cm³/mol. The van der Waals surface area contributed by atoms with E-state index in [1.165, 1.54) is 14.7 Å². The highest BCUT2D eigenvalue weighted by atomic mass is 16.4. The molecule has 0 bridgehead atoms. The first-order valence-corrected chi connectivity index (χ1v) is 8.56. The van der Waals surface area contributed by atoms with Crippen LogP contribution in [0.4, 0.5) is 10.5 Å². The van der Waals surface area contributed by atoms with E-state index < -0.39 is 12.1 Å². The van der Waals surface area contributed by atoms with Gasteiger partial charge in [0.1, 0.15) is 0 Å². The van der Waals surface area contributed by atoms with Gasteiger partial charge in [-0.15, -0.1) is 0 Å². The van der Waals surface area contributed by atoms with Gasteiger partial charge in [-0.3, -0.25) is 28.9 Å². The molecule has 138 valence electrons. The maximum absolute atomic E-state index is 12.5. The molecule has 0 spiro atoms. The van der Waals surface area contributed by atoms with E-state index >= 15 is 0 Å². The summed E-state index contributed by atoms with van der Waals surface area (Å²) in [5, 5.41) is 13.6. The van der Waals surface area contributed by atoms with Gasteiger partial charge in [0.2, 0.25) is 17.7 Å². The van der Waals surface area contributed by atoms with Crippen LogP contribution in [0.2, 0.25) is 0 Å². The minimum Gasteiger partial charge on any atom is -0.465 e. The van der Waals surface area contributed by atoms with Crippen molar-refractivity contribution < 1.29 is 24.3 Å². The Labute approximate surface area is 148 Å². The molecule has 4 heterocycles. The third-order valence-electron chi connectivity index (χ3n) is 5.31. The van der Waals surface area contributed by atoms with Gasteiger partial charge in [-0.05, 0) is 6.92 Å². The Balaban J connectivity index is 1.60. The largest absolute Gasteiger partial charge is 0.465 e. The fraction of sp³-hybridized carbons (Fsp3) is 0.562. The molecule has 0 saturated carbocycles. The van der Waals surface area contributed by atoms with Gasteiger partial charge >= 0.3 is 6.09 Å². The fourth-order valence-electron chi connectivity index (χ4n) is 3.96. The van der Waals surface area contributed by atoms with Crippen LogP contribution >= 0.6 is 0 Å². The third-order valence-corrected chi connectivity index (χ3v) is 5.31. The third kappa shape index (κ3) is 2.44. The van der Waals surface area contributed by atoms with E-state index in [1.807, 2.05) is 0 Å². The zero-order chi connectivity index (χ0) is 18.6. The summed E-state index contributed by atoms with van der Waals surface area (Å²) in [6.45, 7) is 2.58. The number of carbonyl (C=O) groups is 4. The Morgan fingerprint density at radius 2 is 1.85 bits per heavy atom. The maximum atomic E-state index is 12.5. The quantitative estimate of drug-likeness (QED) is 0.743. The molecule has 2 fully saturated rings. The maximum Gasteiger partial charge on any atom is 0.407 e. The lowest BCUT2D eigenvalue weighted by Crippen LogP contribution is -2.45. The molecule has 4 amide bonds. The highest BCUT2D eigenvalue weighted by molar-refractivity contribution is 6.04. The summed E-state index contributed by atoms with van der Waals surface area (Å²) in [6.07, 6.45) is 1.01. The Morgan fingerprint density at radius 1 is 1.15 bits per heavy atom. The number of imide groups is 1. The van der Waals surface area contributed by atoms with Crippen LogP contribution in [0.3, 0.4) is 0 Å². The SMILES string of the molecule is C[C@H]1Cn2ncc(N3CC(N4C(=O)CCC4=O)CC3=O)c2CN1C(=O)O. The highest BCUT2D eigenvalue weighted by Crippen LogP contribution is 2.32. The molecule has 3 aliphatic heterocycles. The molecule has 1 aromatic heterocycles. The van der Waals surface area contributed by atoms with Crippen LogP contribution in [-0.4, -0.2) is 67.1 Å². The molecule has 3 aliphatic rings. The number of fused-ring (bicyclic) bond motifs is 1. The van der Waals surface area contributed by atoms with Crippen molar-refractivity contribution >= 4 is 29.5 Å². The monoisotopic (exact) mass is 361 g/mol. The van der Waals surface area contributed by atoms with E-state index in [1.54, 1.807) is 17.8 Å². The minimum absolute atomic E-state index is 0.0845. The molecule has 0 aromatic carbocycles. The van der Waals surface area contributed by atoms with E-state index in [4.69, 9.17) is 0 Å². The van der Waals surface area contributed by atoms with Crippen molar-refractivity contribution in [1.82, 2.24) is 19.6 Å². The van der Waals surface area contributed by atoms with Crippen LogP contribution in [0.25, 0.3) is 0 Å². The normalized spacial score (nSPS) is 26.0. The smallest absolute Gasteiger partial charge is 0.407 e. The molecule has 2 atom stereocenters. The molecule has 1 aromatic rings. The van der Waals surface area contributed by atoms with Crippen molar-refractivity contribution in [3.63, 3.8) is 0 Å². The van der Waals surface area contributed by atoms with Crippen molar-refractivity contribution in [3.05, 3.63) is 11.9 Å². The summed E-state index contributed by atoms with van der Waals surface area (Å²) in [7, 11) is 0. The molecular formula is C16H19N5O5. The molecule has 10 heteroatoms. The second-order valence-electron chi connectivity index (χ2n) is 6.94. The van der Waals surface area contributed by atoms with E-state index in [0.29, 0.717) is 17.9 Å². The minimum atomic E-state index is -1.02. The van der Waals surface area contributed by atoms with E-state index in [2.05, 4.69) is 5.10 Å². The number of aromatic nitrogens is 2. The molecule has 1 N–H and O–H groups in total. The highest BCUT2D eigenvalue weighted by Gasteiger charge is 2.43. The molecule has 1 unspecified atom stereocenters. The van der Waals surface area contributed by atoms with Crippen LogP contribution in [0.1, 0.15) is 31.9 Å². The van der Waals surface area contributed by atoms with E-state index in [-0.39, 0.29) is 56.1 Å². The van der Waals surface area contributed by atoms with Crippen LogP contribution in [-0.2, 0) is 27.5 Å². The number of rotatable bonds is 2. The molecular weight excluding hydrogens is 342 g/mol. The zero-order valence-electron chi connectivity index (χ0n) is 14.3. The first kappa shape index (κ1) is 16.6. The molecule has 10 nitrogen and oxygen atoms in total. The Hall–Kier alpha value is -2.91. The van der Waals surface area contributed by atoms with E-state index in [9.17, 15) is 24.3 Å². The summed E-state index contributed by atoms with van der Waals surface area (Å²) >= 11 is 0. The zero-order valence-corrected chi connectivity index (χ0v) is 14.3. The lowest BCUT2D eigenvalue weighted by Gasteiger charge is -2.32. The van der Waals surface area contributed by atoms with Crippen molar-refractivity contribution in [3.8, 4) is 0 Å². The Kier molecular flexibility index (Phi) is 3.70. The average molecular weight is 361 g/mol. The van der Waals surface area contributed by atoms with Gasteiger partial charge in [-0.25, -0.2) is 4.79 Å². The number of carboxylic acid groups (broad SMARTS) is 1. The van der Waals surface area contributed by atoms with Crippen LogP contribution in [0.15, 0.2) is 6.20 Å². The number of hydrogen-bond acceptors (Lipinski definition) is 5. The lowest BCUT2D eigenvalue weighted by atomic mass is 10.2. The number of amides is 4. The van der Waals surface area contributed by atoms with Crippen LogP contribution < -0.4 is 4.90 Å². The summed E-state index contributed by atoms with van der Waals surface area (Å²) in [4.78, 5) is 51.9. The van der Waals surface area contributed by atoms with Gasteiger partial charge in [-0.1, -0.05) is 0 Å². The fourth-order valence-corrected chi connectivity index (χ4v) is 3.96. The van der Waals surface area contributed by atoms with Crippen molar-refractivity contribution in [2.24, 2.45) is 0 Å². The van der Waals surface area contributed by atoms with Gasteiger partial charge in [-0.2, -0.15) is 5.10 Å². The summed E-state index contributed by atoms with van der Waals surface area (Å²) in [5.74, 6) is -0.672. The van der Waals surface area contributed by atoms with Crippen LogP contribution in [0, 0.1) is 0 Å². The summed E-state index contributed by atoms with van der Waals surface area (Å²) in [5.41, 5.74) is 1.20. The Morgan fingerprint density at radius 3 is 2.50 bits per heavy atom. The van der Waals surface area contributed by atoms with Crippen molar-refractivity contribution in [2.45, 2.75) is 51.4 Å². The molecule has 4 rings (SSSR count). The molecule has 2 saturated heterocycles. The number of nitrogens with zero attached hydrogens (tertiary/aromatic N) is 5. The number of anilines is 1. The van der Waals surface area contributed by atoms with Gasteiger partial charge in [0, 0.05) is 25.8 Å². The molecule has 26 heavy (non-hydrogen) atoms. The summed E-state index contributed by atoms with van der Waals surface area (Å²) < 4.78 is 1.71. The van der Waals surface area contributed by atoms with Gasteiger partial charge in [0.15, 0.2) is 0 Å². The first-order chi connectivity index (χ1) is 12.4. The second-order valence-corrected chi connectivity index (χ2v) is 6.94. The lowest BCUT2D eigenvalue weighted by molar-refractivity contribution is -0.140. The second kappa shape index (κ2) is 5.82. The number of carbonyl (C=O) groups excluding carboxylic acids is 3.